The molecule has 0 heterocycles. The summed E-state index contributed by atoms with van der Waals surface area (Å²) < 4.78 is 17.6. The first kappa shape index (κ1) is 13.8. The lowest BCUT2D eigenvalue weighted by Crippen LogP contribution is -2.05. The molecule has 0 fully saturated rings. The van der Waals surface area contributed by atoms with Crippen molar-refractivity contribution in [1.29, 1.82) is 0 Å². The molecule has 0 bridgehead atoms. The zero-order chi connectivity index (χ0) is 13.7. The van der Waals surface area contributed by atoms with Crippen molar-refractivity contribution in [2.24, 2.45) is 0 Å². The lowest BCUT2D eigenvalue weighted by molar-refractivity contribution is 0.166. The van der Waals surface area contributed by atoms with Gasteiger partial charge in [0.1, 0.15) is 5.94 Å². The van der Waals surface area contributed by atoms with Gasteiger partial charge in [-0.05, 0) is 30.2 Å². The number of benzene rings is 2. The van der Waals surface area contributed by atoms with E-state index in [1.165, 1.54) is 0 Å². The van der Waals surface area contributed by atoms with Crippen LogP contribution in [0.3, 0.4) is 0 Å². The van der Waals surface area contributed by atoms with Gasteiger partial charge in [-0.3, -0.25) is 4.21 Å². The topological polar surface area (TPSA) is 52.3 Å². The summed E-state index contributed by atoms with van der Waals surface area (Å²) in [5, 5.41) is 0. The number of rotatable bonds is 5. The highest BCUT2D eigenvalue weighted by Crippen LogP contribution is 2.19. The highest BCUT2D eigenvalue weighted by molar-refractivity contribution is 7.85. The minimum atomic E-state index is -1.18. The van der Waals surface area contributed by atoms with Crippen LogP contribution in [0.15, 0.2) is 53.4 Å². The van der Waals surface area contributed by atoms with Crippen LogP contribution in [0.4, 0.5) is 5.69 Å². The van der Waals surface area contributed by atoms with Gasteiger partial charge in [0.2, 0.25) is 0 Å². The van der Waals surface area contributed by atoms with Crippen LogP contribution in [0.2, 0.25) is 0 Å². The lowest BCUT2D eigenvalue weighted by Gasteiger charge is -2.08. The number of hydrogen-bond donors (Lipinski definition) is 1. The maximum atomic E-state index is 12.1. The Hall–Kier alpha value is -1.65. The summed E-state index contributed by atoms with van der Waals surface area (Å²) in [6.45, 7) is 2.34. The van der Waals surface area contributed by atoms with Gasteiger partial charge in [0, 0.05) is 10.6 Å². The van der Waals surface area contributed by atoms with E-state index in [9.17, 15) is 4.21 Å². The predicted octanol–water partition coefficient (Wildman–Crippen LogP) is 2.86. The molecule has 2 aromatic rings. The Bertz CT molecular complexity index is 570. The zero-order valence-corrected chi connectivity index (χ0v) is 11.7. The Balaban J connectivity index is 1.93. The maximum absolute atomic E-state index is 12.1. The first-order chi connectivity index (χ1) is 9.18. The molecule has 1 unspecified atom stereocenters. The van der Waals surface area contributed by atoms with E-state index in [-0.39, 0.29) is 5.94 Å². The monoisotopic (exact) mass is 275 g/mol. The summed E-state index contributed by atoms with van der Waals surface area (Å²) in [5.74, 6) is 0.180. The summed E-state index contributed by atoms with van der Waals surface area (Å²) in [7, 11) is -1.18. The van der Waals surface area contributed by atoms with Crippen molar-refractivity contribution < 1.29 is 8.95 Å². The number of anilines is 1. The first-order valence-electron chi connectivity index (χ1n) is 6.03. The summed E-state index contributed by atoms with van der Waals surface area (Å²) in [4.78, 5) is 0.744. The third-order valence-corrected chi connectivity index (χ3v) is 4.19. The van der Waals surface area contributed by atoms with Crippen LogP contribution in [0.25, 0.3) is 0 Å². The Kier molecular flexibility index (Phi) is 4.71. The summed E-state index contributed by atoms with van der Waals surface area (Å²) >= 11 is 0. The fourth-order valence-electron chi connectivity index (χ4n) is 1.75. The van der Waals surface area contributed by atoms with E-state index in [0.29, 0.717) is 12.3 Å². The van der Waals surface area contributed by atoms with Gasteiger partial charge in [-0.2, -0.15) is 0 Å². The molecular weight excluding hydrogens is 258 g/mol. The molecule has 2 rings (SSSR count). The van der Waals surface area contributed by atoms with Crippen LogP contribution in [0.1, 0.15) is 11.1 Å². The molecular formula is C15H17NO2S. The van der Waals surface area contributed by atoms with Gasteiger partial charge >= 0.3 is 0 Å². The number of ether oxygens (including phenoxy) is 1. The first-order valence-corrected chi connectivity index (χ1v) is 7.35. The molecule has 0 aromatic heterocycles. The molecule has 0 saturated carbocycles. The van der Waals surface area contributed by atoms with E-state index in [2.05, 4.69) is 0 Å². The molecule has 0 aliphatic heterocycles. The Morgan fingerprint density at radius 3 is 2.58 bits per heavy atom. The molecule has 0 spiro atoms. The van der Waals surface area contributed by atoms with Crippen molar-refractivity contribution in [2.45, 2.75) is 18.4 Å². The quantitative estimate of drug-likeness (QED) is 0.854. The Labute approximate surface area is 115 Å². The molecule has 19 heavy (non-hydrogen) atoms. The average Bonchev–Trinajstić information content (AvgIpc) is 2.43. The second-order valence-electron chi connectivity index (χ2n) is 4.27. The fraction of sp³-hybridized carbons (Fsp3) is 0.200. The molecule has 100 valence electrons. The molecule has 0 radical (unpaired) electrons. The van der Waals surface area contributed by atoms with E-state index in [1.54, 1.807) is 6.07 Å². The van der Waals surface area contributed by atoms with Crippen molar-refractivity contribution in [3.63, 3.8) is 0 Å². The molecule has 3 nitrogen and oxygen atoms in total. The molecule has 0 aliphatic rings. The van der Waals surface area contributed by atoms with E-state index >= 15 is 0 Å². The van der Waals surface area contributed by atoms with Crippen molar-refractivity contribution in [1.82, 2.24) is 0 Å². The maximum Gasteiger partial charge on any atom is 0.127 e. The van der Waals surface area contributed by atoms with Gasteiger partial charge in [-0.25, -0.2) is 0 Å². The van der Waals surface area contributed by atoms with Crippen molar-refractivity contribution in [2.75, 3.05) is 11.7 Å². The molecule has 0 saturated heterocycles. The van der Waals surface area contributed by atoms with Crippen molar-refractivity contribution in [3.8, 4) is 0 Å². The standard InChI is InChI=1S/C15H17NO2S/c1-12-14(16)8-5-9-15(12)19(17)11-18-10-13-6-3-2-4-7-13/h2-9H,10-11,16H2,1H3. The van der Waals surface area contributed by atoms with Crippen LogP contribution in [-0.2, 0) is 22.1 Å². The highest BCUT2D eigenvalue weighted by atomic mass is 32.2. The number of hydrogen-bond acceptors (Lipinski definition) is 3. The second kappa shape index (κ2) is 6.50. The van der Waals surface area contributed by atoms with Crippen LogP contribution in [0, 0.1) is 6.92 Å². The number of nitrogen functional groups attached to an aromatic ring is 1. The molecule has 2 N–H and O–H groups in total. The second-order valence-corrected chi connectivity index (χ2v) is 5.63. The van der Waals surface area contributed by atoms with E-state index in [4.69, 9.17) is 10.5 Å². The minimum Gasteiger partial charge on any atom is -0.398 e. The fourth-order valence-corrected chi connectivity index (χ4v) is 2.80. The molecule has 0 aliphatic carbocycles. The van der Waals surface area contributed by atoms with Crippen molar-refractivity contribution >= 4 is 16.5 Å². The summed E-state index contributed by atoms with van der Waals surface area (Å²) in [6, 6.07) is 15.3. The van der Waals surface area contributed by atoms with E-state index in [1.807, 2.05) is 49.4 Å². The third-order valence-electron chi connectivity index (χ3n) is 2.87. The van der Waals surface area contributed by atoms with Gasteiger partial charge in [0.15, 0.2) is 0 Å². The number of nitrogens with two attached hydrogens (primary N) is 1. The largest absolute Gasteiger partial charge is 0.398 e. The van der Waals surface area contributed by atoms with E-state index < -0.39 is 10.8 Å². The van der Waals surface area contributed by atoms with Crippen LogP contribution < -0.4 is 5.73 Å². The van der Waals surface area contributed by atoms with Crippen LogP contribution in [0.5, 0.6) is 0 Å². The van der Waals surface area contributed by atoms with Gasteiger partial charge in [-0.1, -0.05) is 36.4 Å². The van der Waals surface area contributed by atoms with Gasteiger partial charge in [0.05, 0.1) is 17.4 Å². The highest BCUT2D eigenvalue weighted by Gasteiger charge is 2.09. The van der Waals surface area contributed by atoms with Gasteiger partial charge < -0.3 is 10.5 Å². The smallest absolute Gasteiger partial charge is 0.127 e. The molecule has 0 amide bonds. The van der Waals surface area contributed by atoms with E-state index in [0.717, 1.165) is 16.0 Å². The lowest BCUT2D eigenvalue weighted by atomic mass is 10.2. The minimum absolute atomic E-state index is 0.180. The Morgan fingerprint density at radius 1 is 1.11 bits per heavy atom. The SMILES string of the molecule is Cc1c(N)cccc1S(=O)COCc1ccccc1. The zero-order valence-electron chi connectivity index (χ0n) is 10.8. The van der Waals surface area contributed by atoms with Crippen molar-refractivity contribution in [3.05, 3.63) is 59.7 Å². The third kappa shape index (κ3) is 3.66. The summed E-state index contributed by atoms with van der Waals surface area (Å²) in [5.41, 5.74) is 8.40. The van der Waals surface area contributed by atoms with Gasteiger partial charge in [0.25, 0.3) is 0 Å². The average molecular weight is 275 g/mol. The Morgan fingerprint density at radius 2 is 1.84 bits per heavy atom. The van der Waals surface area contributed by atoms with Gasteiger partial charge in [-0.15, -0.1) is 0 Å². The van der Waals surface area contributed by atoms with Crippen LogP contribution in [-0.4, -0.2) is 10.1 Å². The predicted molar refractivity (Wildman–Crippen MR) is 78.1 cm³/mol. The summed E-state index contributed by atoms with van der Waals surface area (Å²) in [6.07, 6.45) is 0. The van der Waals surface area contributed by atoms with Crippen LogP contribution >= 0.6 is 0 Å². The molecule has 1 atom stereocenters. The molecule has 2 aromatic carbocycles. The normalized spacial score (nSPS) is 12.3. The molecule has 4 heteroatoms.